The van der Waals surface area contributed by atoms with Gasteiger partial charge in [-0.25, -0.2) is 4.79 Å². The molecule has 3 rings (SSSR count). The number of nitriles is 1. The van der Waals surface area contributed by atoms with E-state index in [1.165, 1.54) is 0 Å². The number of benzene rings is 2. The number of aryl methyl sites for hydroxylation is 1. The molecule has 0 bridgehead atoms. The molecule has 0 aliphatic heterocycles. The lowest BCUT2D eigenvalue weighted by atomic mass is 10.1. The minimum atomic E-state index is -1.33. The second-order valence-corrected chi connectivity index (χ2v) is 13.5. The first-order chi connectivity index (χ1) is 16.0. The van der Waals surface area contributed by atoms with Crippen LogP contribution in [-0.2, 0) is 6.54 Å². The molecule has 0 atom stereocenters. The van der Waals surface area contributed by atoms with Crippen LogP contribution in [0.2, 0.25) is 0 Å². The van der Waals surface area contributed by atoms with Crippen LogP contribution in [0.1, 0.15) is 46.6 Å². The zero-order valence-electron chi connectivity index (χ0n) is 21.3. The van der Waals surface area contributed by atoms with Gasteiger partial charge in [0.1, 0.15) is 11.8 Å². The minimum absolute atomic E-state index is 0.0426. The predicted octanol–water partition coefficient (Wildman–Crippen LogP) is 6.89. The van der Waals surface area contributed by atoms with Gasteiger partial charge in [0.15, 0.2) is 0 Å². The van der Waals surface area contributed by atoms with Gasteiger partial charge in [0.05, 0.1) is 16.8 Å². The largest absolute Gasteiger partial charge is 0.449 e. The molecule has 0 spiro atoms. The van der Waals surface area contributed by atoms with E-state index in [2.05, 4.69) is 67.5 Å². The average Bonchev–Trinajstić information content (AvgIpc) is 3.09. The SMILES string of the molecule is CCCNC(=O)Nc1ccc(-c2c(C#N)c3ccc(OS(C)(C)C(C)(C)C)cc3n2CC)cc1. The van der Waals surface area contributed by atoms with E-state index in [9.17, 15) is 10.1 Å². The molecule has 2 N–H and O–H groups in total. The summed E-state index contributed by atoms with van der Waals surface area (Å²) in [6.45, 7) is 12.0. The smallest absolute Gasteiger partial charge is 0.319 e. The van der Waals surface area contributed by atoms with Crippen molar-refractivity contribution in [3.05, 3.63) is 48.0 Å². The summed E-state index contributed by atoms with van der Waals surface area (Å²) in [6, 6.07) is 15.8. The monoisotopic (exact) mass is 480 g/mol. The van der Waals surface area contributed by atoms with Crippen molar-refractivity contribution in [3.8, 4) is 23.1 Å². The van der Waals surface area contributed by atoms with Crippen LogP contribution < -0.4 is 14.8 Å². The Bertz CT molecular complexity index is 1210. The number of amides is 2. The van der Waals surface area contributed by atoms with Crippen molar-refractivity contribution in [3.63, 3.8) is 0 Å². The highest BCUT2D eigenvalue weighted by Crippen LogP contribution is 2.53. The van der Waals surface area contributed by atoms with Crippen LogP contribution in [0.4, 0.5) is 10.5 Å². The third-order valence-corrected chi connectivity index (χ3v) is 9.75. The van der Waals surface area contributed by atoms with Crippen LogP contribution in [0.25, 0.3) is 22.2 Å². The molecule has 2 amide bonds. The number of nitrogens with one attached hydrogen (secondary N) is 2. The molecule has 0 aliphatic rings. The maximum Gasteiger partial charge on any atom is 0.319 e. The molecule has 0 saturated heterocycles. The van der Waals surface area contributed by atoms with E-state index in [1.54, 1.807) is 0 Å². The van der Waals surface area contributed by atoms with Crippen molar-refractivity contribution in [2.75, 3.05) is 24.4 Å². The number of hydrogen-bond acceptors (Lipinski definition) is 3. The number of fused-ring (bicyclic) bond motifs is 1. The number of urea groups is 1. The molecule has 0 unspecified atom stereocenters. The summed E-state index contributed by atoms with van der Waals surface area (Å²) < 4.78 is 8.69. The fraction of sp³-hybridized carbons (Fsp3) is 0.407. The van der Waals surface area contributed by atoms with Gasteiger partial charge in [-0.05, 0) is 76.5 Å². The van der Waals surface area contributed by atoms with Crippen LogP contribution >= 0.6 is 10.3 Å². The van der Waals surface area contributed by atoms with Gasteiger partial charge in [-0.2, -0.15) is 5.26 Å². The molecule has 3 aromatic rings. The predicted molar refractivity (Wildman–Crippen MR) is 145 cm³/mol. The zero-order valence-corrected chi connectivity index (χ0v) is 22.1. The van der Waals surface area contributed by atoms with E-state index >= 15 is 0 Å². The van der Waals surface area contributed by atoms with E-state index < -0.39 is 10.3 Å². The molecule has 1 aromatic heterocycles. The Kier molecular flexibility index (Phi) is 7.52. The third-order valence-electron chi connectivity index (χ3n) is 6.20. The Labute approximate surface area is 204 Å². The second kappa shape index (κ2) is 10.0. The topological polar surface area (TPSA) is 79.1 Å². The molecule has 1 heterocycles. The first-order valence-corrected chi connectivity index (χ1v) is 14.0. The Balaban J connectivity index is 2.01. The Morgan fingerprint density at radius 3 is 2.35 bits per heavy atom. The first-order valence-electron chi connectivity index (χ1n) is 11.7. The maximum absolute atomic E-state index is 12.0. The van der Waals surface area contributed by atoms with Crippen LogP contribution in [0.5, 0.6) is 5.75 Å². The average molecular weight is 481 g/mol. The van der Waals surface area contributed by atoms with Gasteiger partial charge in [-0.3, -0.25) is 0 Å². The van der Waals surface area contributed by atoms with Crippen molar-refractivity contribution in [1.29, 1.82) is 5.26 Å². The number of anilines is 1. The number of carbonyl (C=O) groups excluding carboxylic acids is 1. The quantitative estimate of drug-likeness (QED) is 0.386. The Hall–Kier alpha value is -3.11. The molecule has 0 aliphatic carbocycles. The lowest BCUT2D eigenvalue weighted by Crippen LogP contribution is -2.29. The summed E-state index contributed by atoms with van der Waals surface area (Å²) in [6.07, 6.45) is 5.24. The summed E-state index contributed by atoms with van der Waals surface area (Å²) in [5.74, 6) is 0.823. The molecule has 7 heteroatoms. The second-order valence-electron chi connectivity index (χ2n) is 9.65. The zero-order chi connectivity index (χ0) is 25.1. The molecule has 0 fully saturated rings. The number of rotatable bonds is 7. The molecule has 0 saturated carbocycles. The fourth-order valence-corrected chi connectivity index (χ4v) is 4.45. The fourth-order valence-electron chi connectivity index (χ4n) is 3.61. The van der Waals surface area contributed by atoms with Crippen molar-refractivity contribution < 1.29 is 8.98 Å². The van der Waals surface area contributed by atoms with Gasteiger partial charge in [-0.15, -0.1) is 0 Å². The van der Waals surface area contributed by atoms with Crippen LogP contribution in [0.15, 0.2) is 42.5 Å². The van der Waals surface area contributed by atoms with Crippen molar-refractivity contribution in [2.45, 2.75) is 52.3 Å². The van der Waals surface area contributed by atoms with Crippen molar-refractivity contribution >= 4 is 32.9 Å². The number of nitrogens with zero attached hydrogens (tertiary/aromatic N) is 2. The van der Waals surface area contributed by atoms with E-state index in [-0.39, 0.29) is 10.8 Å². The highest BCUT2D eigenvalue weighted by atomic mass is 32.3. The van der Waals surface area contributed by atoms with Gasteiger partial charge >= 0.3 is 6.03 Å². The molecular formula is C27H36N4O2S. The standard InChI is InChI=1S/C27H36N4O2S/c1-8-16-29-26(32)30-20-12-10-19(11-13-20)25-23(18-28)22-15-14-21(17-24(22)31(25)9-2)33-34(6,7)27(3,4)5/h10-15,17H,8-9,16H2,1-7H3,(H2,29,30,32). The maximum atomic E-state index is 12.0. The number of carbonyl (C=O) groups is 1. The lowest BCUT2D eigenvalue weighted by Gasteiger charge is -2.43. The van der Waals surface area contributed by atoms with Crippen LogP contribution in [0.3, 0.4) is 0 Å². The van der Waals surface area contributed by atoms with Gasteiger partial charge < -0.3 is 19.4 Å². The van der Waals surface area contributed by atoms with Crippen LogP contribution in [-0.4, -0.2) is 34.4 Å². The molecular weight excluding hydrogens is 444 g/mol. The molecule has 0 radical (unpaired) electrons. The number of aromatic nitrogens is 1. The lowest BCUT2D eigenvalue weighted by molar-refractivity contribution is 0.252. The van der Waals surface area contributed by atoms with Crippen molar-refractivity contribution in [1.82, 2.24) is 9.88 Å². The van der Waals surface area contributed by atoms with Gasteiger partial charge in [0.2, 0.25) is 0 Å². The van der Waals surface area contributed by atoms with Crippen molar-refractivity contribution in [2.24, 2.45) is 0 Å². The van der Waals surface area contributed by atoms with E-state index in [0.29, 0.717) is 24.3 Å². The molecule has 34 heavy (non-hydrogen) atoms. The summed E-state index contributed by atoms with van der Waals surface area (Å²) in [5.41, 5.74) is 4.14. The number of hydrogen-bond donors (Lipinski definition) is 2. The highest BCUT2D eigenvalue weighted by Gasteiger charge is 2.30. The van der Waals surface area contributed by atoms with E-state index in [1.807, 2.05) is 43.3 Å². The summed E-state index contributed by atoms with van der Waals surface area (Å²) in [4.78, 5) is 12.0. The minimum Gasteiger partial charge on any atom is -0.449 e. The van der Waals surface area contributed by atoms with Gasteiger partial charge in [0, 0.05) is 35.0 Å². The van der Waals surface area contributed by atoms with E-state index in [4.69, 9.17) is 4.18 Å². The first kappa shape index (κ1) is 25.5. The summed E-state index contributed by atoms with van der Waals surface area (Å²) >= 11 is 0. The Morgan fingerprint density at radius 1 is 1.12 bits per heavy atom. The molecule has 182 valence electrons. The summed E-state index contributed by atoms with van der Waals surface area (Å²) in [5, 5.41) is 16.6. The molecule has 2 aromatic carbocycles. The Morgan fingerprint density at radius 2 is 1.79 bits per heavy atom. The van der Waals surface area contributed by atoms with Crippen LogP contribution in [0, 0.1) is 11.3 Å². The van der Waals surface area contributed by atoms with Gasteiger partial charge in [-0.1, -0.05) is 29.4 Å². The molecule has 6 nitrogen and oxygen atoms in total. The summed E-state index contributed by atoms with van der Waals surface area (Å²) in [7, 11) is -1.33. The van der Waals surface area contributed by atoms with Gasteiger partial charge in [0.25, 0.3) is 0 Å². The normalized spacial score (nSPS) is 12.3. The third kappa shape index (κ3) is 5.18. The highest BCUT2D eigenvalue weighted by molar-refractivity contribution is 8.30. The van der Waals surface area contributed by atoms with E-state index in [0.717, 1.165) is 34.3 Å².